The fourth-order valence-electron chi connectivity index (χ4n) is 1.80. The summed E-state index contributed by atoms with van der Waals surface area (Å²) in [6.45, 7) is 2.66. The van der Waals surface area contributed by atoms with E-state index in [-0.39, 0.29) is 5.91 Å². The largest absolute Gasteiger partial charge is 0.371 e. The molecule has 0 atom stereocenters. The van der Waals surface area contributed by atoms with Crippen molar-refractivity contribution in [2.45, 2.75) is 0 Å². The van der Waals surface area contributed by atoms with Crippen LogP contribution in [0.5, 0.6) is 0 Å². The molecule has 1 aromatic heterocycles. The monoisotopic (exact) mass is 220 g/mol. The molecule has 2 heterocycles. The van der Waals surface area contributed by atoms with E-state index in [4.69, 9.17) is 5.73 Å². The second kappa shape index (κ2) is 4.49. The first-order valence-corrected chi connectivity index (χ1v) is 5.37. The van der Waals surface area contributed by atoms with Crippen molar-refractivity contribution < 1.29 is 4.79 Å². The molecule has 0 spiro atoms. The average Bonchev–Trinajstić information content (AvgIpc) is 2.27. The Bertz CT molecular complexity index is 387. The van der Waals surface area contributed by atoms with Gasteiger partial charge in [-0.25, -0.2) is 0 Å². The number of nitrogens with two attached hydrogens (primary N) is 1. The number of nitrogens with one attached hydrogen (secondary N) is 1. The third-order valence-electron chi connectivity index (χ3n) is 2.86. The normalized spacial score (nSPS) is 15.8. The average molecular weight is 220 g/mol. The lowest BCUT2D eigenvalue weighted by Crippen LogP contribution is -2.50. The van der Waals surface area contributed by atoms with Gasteiger partial charge in [0.25, 0.3) is 5.91 Å². The molecule has 2 rings (SSSR count). The highest BCUT2D eigenvalue weighted by atomic mass is 16.1. The maximum atomic E-state index is 11.4. The van der Waals surface area contributed by atoms with E-state index in [1.54, 1.807) is 13.2 Å². The Balaban J connectivity index is 2.09. The van der Waals surface area contributed by atoms with Gasteiger partial charge in [-0.1, -0.05) is 0 Å². The zero-order valence-electron chi connectivity index (χ0n) is 9.31. The van der Waals surface area contributed by atoms with Gasteiger partial charge < -0.3 is 16.0 Å². The van der Waals surface area contributed by atoms with Crippen LogP contribution in [0.4, 0.5) is 5.69 Å². The molecule has 5 heteroatoms. The van der Waals surface area contributed by atoms with Crippen LogP contribution in [0.1, 0.15) is 10.5 Å². The van der Waals surface area contributed by atoms with Crippen molar-refractivity contribution in [2.75, 3.05) is 31.6 Å². The zero-order chi connectivity index (χ0) is 11.5. The van der Waals surface area contributed by atoms with Crippen LogP contribution < -0.4 is 16.0 Å². The summed E-state index contributed by atoms with van der Waals surface area (Å²) in [5.74, 6) is 0.425. The van der Waals surface area contributed by atoms with Gasteiger partial charge in [-0.2, -0.15) is 0 Å². The van der Waals surface area contributed by atoms with Crippen molar-refractivity contribution >= 4 is 11.6 Å². The van der Waals surface area contributed by atoms with Gasteiger partial charge in [0.1, 0.15) is 5.69 Å². The smallest absolute Gasteiger partial charge is 0.269 e. The first-order chi connectivity index (χ1) is 7.74. The molecule has 16 heavy (non-hydrogen) atoms. The SMILES string of the molecule is CNC(=O)c1cc(N2CC(CN)C2)ccn1. The van der Waals surface area contributed by atoms with Crippen LogP contribution >= 0.6 is 0 Å². The van der Waals surface area contributed by atoms with E-state index in [2.05, 4.69) is 15.2 Å². The number of amides is 1. The van der Waals surface area contributed by atoms with Crippen molar-refractivity contribution in [3.05, 3.63) is 24.0 Å². The number of anilines is 1. The maximum Gasteiger partial charge on any atom is 0.269 e. The number of carbonyl (C=O) groups is 1. The lowest BCUT2D eigenvalue weighted by Gasteiger charge is -2.40. The second-order valence-corrected chi connectivity index (χ2v) is 3.99. The lowest BCUT2D eigenvalue weighted by molar-refractivity contribution is 0.0958. The van der Waals surface area contributed by atoms with E-state index in [0.29, 0.717) is 11.6 Å². The fraction of sp³-hybridized carbons (Fsp3) is 0.455. The molecule has 1 aliphatic heterocycles. The van der Waals surface area contributed by atoms with Gasteiger partial charge in [0.05, 0.1) is 0 Å². The van der Waals surface area contributed by atoms with E-state index in [1.807, 2.05) is 12.1 Å². The third kappa shape index (κ3) is 1.99. The molecule has 1 amide bonds. The topological polar surface area (TPSA) is 71.2 Å². The molecule has 0 aliphatic carbocycles. The Labute approximate surface area is 94.6 Å². The van der Waals surface area contributed by atoms with Crippen LogP contribution in [-0.4, -0.2) is 37.6 Å². The van der Waals surface area contributed by atoms with Gasteiger partial charge in [-0.15, -0.1) is 0 Å². The molecule has 0 unspecified atom stereocenters. The summed E-state index contributed by atoms with van der Waals surface area (Å²) in [7, 11) is 1.60. The van der Waals surface area contributed by atoms with E-state index in [0.717, 1.165) is 25.3 Å². The minimum absolute atomic E-state index is 0.155. The third-order valence-corrected chi connectivity index (χ3v) is 2.86. The summed E-state index contributed by atoms with van der Waals surface area (Å²) in [5.41, 5.74) is 7.07. The van der Waals surface area contributed by atoms with Crippen LogP contribution in [0, 0.1) is 5.92 Å². The van der Waals surface area contributed by atoms with Gasteiger partial charge in [0.15, 0.2) is 0 Å². The zero-order valence-corrected chi connectivity index (χ0v) is 9.31. The highest BCUT2D eigenvalue weighted by Crippen LogP contribution is 2.23. The molecule has 1 aliphatic rings. The van der Waals surface area contributed by atoms with Crippen molar-refractivity contribution in [3.8, 4) is 0 Å². The van der Waals surface area contributed by atoms with Gasteiger partial charge in [-0.05, 0) is 18.7 Å². The minimum atomic E-state index is -0.155. The summed E-state index contributed by atoms with van der Waals surface area (Å²) in [6.07, 6.45) is 1.66. The first kappa shape index (κ1) is 10.9. The molecule has 1 saturated heterocycles. The van der Waals surface area contributed by atoms with Crippen molar-refractivity contribution in [1.29, 1.82) is 0 Å². The molecule has 1 fully saturated rings. The Morgan fingerprint density at radius 1 is 1.69 bits per heavy atom. The summed E-state index contributed by atoms with van der Waals surface area (Å²) < 4.78 is 0. The maximum absolute atomic E-state index is 11.4. The number of pyridine rings is 1. The van der Waals surface area contributed by atoms with Crippen LogP contribution in [0.3, 0.4) is 0 Å². The standard InChI is InChI=1S/C11H16N4O/c1-13-11(16)10-4-9(2-3-14-10)15-6-8(5-12)7-15/h2-4,8H,5-7,12H2,1H3,(H,13,16). The Hall–Kier alpha value is -1.62. The van der Waals surface area contributed by atoms with E-state index in [1.165, 1.54) is 0 Å². The quantitative estimate of drug-likeness (QED) is 0.742. The summed E-state index contributed by atoms with van der Waals surface area (Å²) in [5, 5.41) is 2.56. The lowest BCUT2D eigenvalue weighted by atomic mass is 10.00. The summed E-state index contributed by atoms with van der Waals surface area (Å²) in [6, 6.07) is 3.73. The Kier molecular flexibility index (Phi) is 3.05. The van der Waals surface area contributed by atoms with Gasteiger partial charge in [-0.3, -0.25) is 9.78 Å². The summed E-state index contributed by atoms with van der Waals surface area (Å²) >= 11 is 0. The van der Waals surface area contributed by atoms with Crippen LogP contribution in [0.2, 0.25) is 0 Å². The van der Waals surface area contributed by atoms with E-state index in [9.17, 15) is 4.79 Å². The molecule has 0 saturated carbocycles. The number of aromatic nitrogens is 1. The molecule has 0 aromatic carbocycles. The van der Waals surface area contributed by atoms with E-state index < -0.39 is 0 Å². The molecular weight excluding hydrogens is 204 g/mol. The van der Waals surface area contributed by atoms with Crippen molar-refractivity contribution in [2.24, 2.45) is 11.7 Å². The highest BCUT2D eigenvalue weighted by Gasteiger charge is 2.25. The van der Waals surface area contributed by atoms with E-state index >= 15 is 0 Å². The molecule has 86 valence electrons. The number of carbonyl (C=O) groups excluding carboxylic acids is 1. The minimum Gasteiger partial charge on any atom is -0.371 e. The number of hydrogen-bond donors (Lipinski definition) is 2. The number of nitrogens with zero attached hydrogens (tertiary/aromatic N) is 2. The number of hydrogen-bond acceptors (Lipinski definition) is 4. The van der Waals surface area contributed by atoms with Gasteiger partial charge in [0.2, 0.25) is 0 Å². The number of rotatable bonds is 3. The highest BCUT2D eigenvalue weighted by molar-refractivity contribution is 5.92. The predicted octanol–water partition coefficient (Wildman–Crippen LogP) is -0.164. The molecular formula is C11H16N4O. The predicted molar refractivity (Wildman–Crippen MR) is 62.4 cm³/mol. The molecule has 0 radical (unpaired) electrons. The van der Waals surface area contributed by atoms with Gasteiger partial charge >= 0.3 is 0 Å². The van der Waals surface area contributed by atoms with Crippen LogP contribution in [0.15, 0.2) is 18.3 Å². The molecule has 5 nitrogen and oxygen atoms in total. The molecule has 0 bridgehead atoms. The van der Waals surface area contributed by atoms with Crippen molar-refractivity contribution in [3.63, 3.8) is 0 Å². The fourth-order valence-corrected chi connectivity index (χ4v) is 1.80. The summed E-state index contributed by atoms with van der Waals surface area (Å²) in [4.78, 5) is 17.6. The van der Waals surface area contributed by atoms with Gasteiger partial charge in [0, 0.05) is 37.9 Å². The Morgan fingerprint density at radius 2 is 2.44 bits per heavy atom. The molecule has 1 aromatic rings. The van der Waals surface area contributed by atoms with Crippen LogP contribution in [-0.2, 0) is 0 Å². The van der Waals surface area contributed by atoms with Crippen LogP contribution in [0.25, 0.3) is 0 Å². The molecule has 3 N–H and O–H groups in total. The van der Waals surface area contributed by atoms with Crippen molar-refractivity contribution in [1.82, 2.24) is 10.3 Å². The second-order valence-electron chi connectivity index (χ2n) is 3.99. The Morgan fingerprint density at radius 3 is 3.06 bits per heavy atom. The first-order valence-electron chi connectivity index (χ1n) is 5.37.